The highest BCUT2D eigenvalue weighted by molar-refractivity contribution is 6.26. The molecule has 0 aromatic heterocycles. The lowest BCUT2D eigenvalue weighted by Gasteiger charge is -2.12. The summed E-state index contributed by atoms with van der Waals surface area (Å²) in [6.45, 7) is 6.11. The predicted molar refractivity (Wildman–Crippen MR) is 143 cm³/mol. The van der Waals surface area contributed by atoms with Gasteiger partial charge in [-0.2, -0.15) is 0 Å². The molecule has 14 heteroatoms. The zero-order valence-electron chi connectivity index (χ0n) is 21.8. The van der Waals surface area contributed by atoms with Crippen molar-refractivity contribution < 1.29 is 48.6 Å². The summed E-state index contributed by atoms with van der Waals surface area (Å²) in [7, 11) is 0. The number of nitrogens with zero attached hydrogens (tertiary/aromatic N) is 2. The number of benzene rings is 2. The Labute approximate surface area is 236 Å². The predicted octanol–water partition coefficient (Wildman–Crippen LogP) is 0.807. The number of rotatable bonds is 11. The van der Waals surface area contributed by atoms with Crippen molar-refractivity contribution in [3.05, 3.63) is 94.1 Å². The third-order valence-electron chi connectivity index (χ3n) is 6.45. The van der Waals surface area contributed by atoms with Crippen molar-refractivity contribution in [3.8, 4) is 0 Å². The van der Waals surface area contributed by atoms with E-state index >= 15 is 0 Å². The first-order valence-corrected chi connectivity index (χ1v) is 12.3. The van der Waals surface area contributed by atoms with Crippen LogP contribution in [0.2, 0.25) is 0 Å². The highest BCUT2D eigenvalue weighted by Gasteiger charge is 2.40. The van der Waals surface area contributed by atoms with E-state index < -0.39 is 58.5 Å². The van der Waals surface area contributed by atoms with E-state index in [1.54, 1.807) is 0 Å². The summed E-state index contributed by atoms with van der Waals surface area (Å²) in [5.74, 6) is -7.84. The number of carboxylic acid groups (broad SMARTS) is 2. The first-order chi connectivity index (χ1) is 19.9. The molecule has 2 aliphatic rings. The fraction of sp³-hybridized carbons (Fsp3) is 0.143. The Hall–Kier alpha value is -5.92. The van der Waals surface area contributed by atoms with E-state index in [0.717, 1.165) is 34.1 Å². The second-order valence-corrected chi connectivity index (χ2v) is 9.03. The topological polar surface area (TPSA) is 208 Å². The molecule has 2 heterocycles. The van der Waals surface area contributed by atoms with Crippen LogP contribution in [-0.2, 0) is 0 Å². The minimum atomic E-state index is -1.43. The van der Waals surface area contributed by atoms with E-state index in [-0.39, 0.29) is 59.6 Å². The lowest BCUT2D eigenvalue weighted by molar-refractivity contribution is 0.0655. The molecule has 0 saturated carbocycles. The molecule has 0 bridgehead atoms. The Balaban J connectivity index is 1.52. The van der Waals surface area contributed by atoms with E-state index in [9.17, 15) is 48.6 Å². The van der Waals surface area contributed by atoms with Gasteiger partial charge in [-0.05, 0) is 24.3 Å². The van der Waals surface area contributed by atoms with Gasteiger partial charge in [-0.3, -0.25) is 38.6 Å². The van der Waals surface area contributed by atoms with Gasteiger partial charge in [0.25, 0.3) is 35.4 Å². The minimum Gasteiger partial charge on any atom is -0.478 e. The molecule has 2 aromatic rings. The number of hydrogen-bond acceptors (Lipinski definition) is 8. The summed E-state index contributed by atoms with van der Waals surface area (Å²) in [6, 6.07) is 3.92. The average Bonchev–Trinajstić information content (AvgIpc) is 3.34. The van der Waals surface area contributed by atoms with E-state index in [2.05, 4.69) is 23.8 Å². The molecule has 0 unspecified atom stereocenters. The smallest absolute Gasteiger partial charge is 0.335 e. The number of nitrogens with one attached hydrogen (secondary N) is 2. The van der Waals surface area contributed by atoms with Gasteiger partial charge in [0.2, 0.25) is 0 Å². The van der Waals surface area contributed by atoms with Crippen LogP contribution < -0.4 is 10.6 Å². The van der Waals surface area contributed by atoms with Crippen molar-refractivity contribution in [1.29, 1.82) is 0 Å². The Bertz CT molecular complexity index is 1540. The van der Waals surface area contributed by atoms with Gasteiger partial charge in [0, 0.05) is 26.2 Å². The molecule has 42 heavy (non-hydrogen) atoms. The monoisotopic (exact) mass is 574 g/mol. The normalized spacial score (nSPS) is 13.5. The van der Waals surface area contributed by atoms with Crippen LogP contribution in [0.25, 0.3) is 0 Å². The van der Waals surface area contributed by atoms with Crippen LogP contribution in [0.4, 0.5) is 0 Å². The lowest BCUT2D eigenvalue weighted by Crippen LogP contribution is -2.36. The molecule has 6 amide bonds. The molecular weight excluding hydrogens is 552 g/mol. The molecular formula is C28H22N4O10. The molecule has 14 nitrogen and oxygen atoms in total. The summed E-state index contributed by atoms with van der Waals surface area (Å²) in [5.41, 5.74) is -2.58. The summed E-state index contributed by atoms with van der Waals surface area (Å²) in [5, 5.41) is 23.7. The van der Waals surface area contributed by atoms with E-state index in [0.29, 0.717) is 0 Å². The Kier molecular flexibility index (Phi) is 7.81. The number of amides is 6. The minimum absolute atomic E-state index is 0.159. The zero-order chi connectivity index (χ0) is 30.9. The number of carbonyl (C=O) groups excluding carboxylic acids is 6. The molecule has 0 radical (unpaired) electrons. The maximum absolute atomic E-state index is 13.0. The van der Waals surface area contributed by atoms with E-state index in [1.165, 1.54) is 12.2 Å². The molecule has 0 aliphatic carbocycles. The summed E-state index contributed by atoms with van der Waals surface area (Å²) in [4.78, 5) is 102. The van der Waals surface area contributed by atoms with Crippen LogP contribution in [-0.4, -0.2) is 93.6 Å². The largest absolute Gasteiger partial charge is 0.478 e. The zero-order valence-corrected chi connectivity index (χ0v) is 21.8. The van der Waals surface area contributed by atoms with Gasteiger partial charge in [0.1, 0.15) is 0 Å². The van der Waals surface area contributed by atoms with Crippen LogP contribution in [0.3, 0.4) is 0 Å². The summed E-state index contributed by atoms with van der Waals surface area (Å²) < 4.78 is 0. The maximum Gasteiger partial charge on any atom is 0.335 e. The summed E-state index contributed by atoms with van der Waals surface area (Å²) >= 11 is 0. The fourth-order valence-electron chi connectivity index (χ4n) is 4.56. The van der Waals surface area contributed by atoms with Crippen LogP contribution in [0.1, 0.15) is 82.9 Å². The summed E-state index contributed by atoms with van der Waals surface area (Å²) in [6.07, 6.45) is 2.59. The van der Waals surface area contributed by atoms with Crippen molar-refractivity contribution in [2.24, 2.45) is 0 Å². The first-order valence-electron chi connectivity index (χ1n) is 12.3. The number of carboxylic acids is 2. The SMILES string of the molecule is C=CCN1C(=O)c2cc(C(=O)O)cc(C(=O)NCCNC(=O)c3cc(C(=O)O)cc4c3C(=O)N(CC=C)C4=O)c2C1=O. The first kappa shape index (κ1) is 29.1. The van der Waals surface area contributed by atoms with E-state index in [4.69, 9.17) is 0 Å². The second kappa shape index (κ2) is 11.3. The molecule has 0 fully saturated rings. The van der Waals surface area contributed by atoms with Gasteiger partial charge >= 0.3 is 11.9 Å². The molecule has 0 atom stereocenters. The van der Waals surface area contributed by atoms with Crippen molar-refractivity contribution in [3.63, 3.8) is 0 Å². The number of imide groups is 2. The number of aromatic carboxylic acids is 2. The third-order valence-corrected chi connectivity index (χ3v) is 6.45. The standard InChI is InChI=1S/C28H22N4O10/c1-3-7-31-23(35)17-11-13(27(39)40)9-15(19(17)25(31)37)21(33)29-5-6-30-22(34)16-10-14(28(41)42)12-18-20(16)26(38)32(8-4-2)24(18)36/h3-4,9-12H,1-2,5-8H2,(H,29,33)(H,30,34)(H,39,40)(H,41,42). The molecule has 214 valence electrons. The highest BCUT2D eigenvalue weighted by atomic mass is 16.4. The number of hydrogen-bond donors (Lipinski definition) is 4. The Morgan fingerprint density at radius 1 is 0.643 bits per heavy atom. The quantitative estimate of drug-likeness (QED) is 0.169. The van der Waals surface area contributed by atoms with Gasteiger partial charge < -0.3 is 20.8 Å². The van der Waals surface area contributed by atoms with Crippen LogP contribution in [0.15, 0.2) is 49.6 Å². The van der Waals surface area contributed by atoms with Crippen LogP contribution in [0.5, 0.6) is 0 Å². The maximum atomic E-state index is 13.0. The van der Waals surface area contributed by atoms with Crippen LogP contribution in [0, 0.1) is 0 Å². The second-order valence-electron chi connectivity index (χ2n) is 9.03. The van der Waals surface area contributed by atoms with Gasteiger partial charge in [0.15, 0.2) is 0 Å². The number of fused-ring (bicyclic) bond motifs is 2. The van der Waals surface area contributed by atoms with Crippen molar-refractivity contribution in [2.75, 3.05) is 26.2 Å². The van der Waals surface area contributed by atoms with Gasteiger partial charge in [0.05, 0.1) is 44.5 Å². The number of carbonyl (C=O) groups is 8. The fourth-order valence-corrected chi connectivity index (χ4v) is 4.56. The molecule has 0 saturated heterocycles. The van der Waals surface area contributed by atoms with Crippen molar-refractivity contribution in [1.82, 2.24) is 20.4 Å². The Morgan fingerprint density at radius 3 is 1.31 bits per heavy atom. The van der Waals surface area contributed by atoms with Gasteiger partial charge in [-0.25, -0.2) is 9.59 Å². The highest BCUT2D eigenvalue weighted by Crippen LogP contribution is 2.29. The molecule has 4 rings (SSSR count). The van der Waals surface area contributed by atoms with Gasteiger partial charge in [-0.1, -0.05) is 12.2 Å². The lowest BCUT2D eigenvalue weighted by atomic mass is 9.98. The van der Waals surface area contributed by atoms with Gasteiger partial charge in [-0.15, -0.1) is 13.2 Å². The molecule has 0 spiro atoms. The van der Waals surface area contributed by atoms with E-state index in [1.807, 2.05) is 0 Å². The molecule has 2 aromatic carbocycles. The van der Waals surface area contributed by atoms with Crippen LogP contribution >= 0.6 is 0 Å². The van der Waals surface area contributed by atoms with Crippen molar-refractivity contribution in [2.45, 2.75) is 0 Å². The Morgan fingerprint density at radius 2 is 1.00 bits per heavy atom. The third kappa shape index (κ3) is 4.92. The molecule has 2 aliphatic heterocycles. The molecule has 4 N–H and O–H groups in total. The van der Waals surface area contributed by atoms with Crippen molar-refractivity contribution >= 4 is 47.4 Å². The average molecular weight is 575 g/mol.